The van der Waals surface area contributed by atoms with Crippen LogP contribution in [0.15, 0.2) is 0 Å². The summed E-state index contributed by atoms with van der Waals surface area (Å²) in [6.07, 6.45) is 0. The fourth-order valence-electron chi connectivity index (χ4n) is 0.755. The van der Waals surface area contributed by atoms with Gasteiger partial charge in [-0.3, -0.25) is 0 Å². The molecule has 0 aliphatic carbocycles. The molecule has 0 N–H and O–H groups in total. The van der Waals surface area contributed by atoms with Crippen molar-refractivity contribution in [2.24, 2.45) is 5.92 Å². The summed E-state index contributed by atoms with van der Waals surface area (Å²) >= 11 is 1.96. The van der Waals surface area contributed by atoms with Crippen LogP contribution in [0.1, 0.15) is 41.5 Å². The molecule has 0 fully saturated rings. The number of ether oxygens (including phenoxy) is 1. The van der Waals surface area contributed by atoms with E-state index in [2.05, 4.69) is 41.5 Å². The predicted octanol–water partition coefficient (Wildman–Crippen LogP) is 3.58. The zero-order chi connectivity index (χ0) is 10.5. The zero-order valence-corrected chi connectivity index (χ0v) is 10.7. The minimum absolute atomic E-state index is 0.0253. The van der Waals surface area contributed by atoms with Gasteiger partial charge in [0.15, 0.2) is 0 Å². The highest BCUT2D eigenvalue weighted by atomic mass is 32.2. The molecule has 0 aromatic carbocycles. The van der Waals surface area contributed by atoms with Gasteiger partial charge in [0, 0.05) is 5.75 Å². The molecular formula is C11H24OS. The van der Waals surface area contributed by atoms with E-state index in [1.54, 1.807) is 0 Å². The Labute approximate surface area is 87.6 Å². The first-order valence-corrected chi connectivity index (χ1v) is 6.16. The lowest BCUT2D eigenvalue weighted by atomic mass is 9.95. The van der Waals surface area contributed by atoms with Gasteiger partial charge < -0.3 is 4.74 Å². The van der Waals surface area contributed by atoms with Crippen LogP contribution < -0.4 is 0 Å². The maximum Gasteiger partial charge on any atom is 0.0649 e. The van der Waals surface area contributed by atoms with Crippen molar-refractivity contribution < 1.29 is 4.74 Å². The molecule has 0 heterocycles. The van der Waals surface area contributed by atoms with Gasteiger partial charge in [-0.1, -0.05) is 27.7 Å². The van der Waals surface area contributed by atoms with Crippen LogP contribution >= 0.6 is 11.8 Å². The van der Waals surface area contributed by atoms with Crippen LogP contribution in [0.2, 0.25) is 0 Å². The normalized spacial score (nSPS) is 12.9. The quantitative estimate of drug-likeness (QED) is 0.612. The summed E-state index contributed by atoms with van der Waals surface area (Å²) in [5, 5.41) is 0.714. The predicted molar refractivity (Wildman–Crippen MR) is 62.5 cm³/mol. The lowest BCUT2D eigenvalue weighted by molar-refractivity contribution is -0.0424. The van der Waals surface area contributed by atoms with Crippen LogP contribution in [0, 0.1) is 5.92 Å². The third-order valence-electron chi connectivity index (χ3n) is 2.40. The van der Waals surface area contributed by atoms with E-state index in [0.717, 1.165) is 12.4 Å². The number of hydrogen-bond acceptors (Lipinski definition) is 2. The molecule has 0 bridgehead atoms. The second kappa shape index (κ2) is 5.92. The maximum atomic E-state index is 5.82. The molecule has 0 saturated carbocycles. The van der Waals surface area contributed by atoms with E-state index in [9.17, 15) is 0 Å². The molecular weight excluding hydrogens is 180 g/mol. The Bertz CT molecular complexity index is 130. The monoisotopic (exact) mass is 204 g/mol. The van der Waals surface area contributed by atoms with Crippen molar-refractivity contribution in [2.45, 2.75) is 52.4 Å². The molecule has 0 spiro atoms. The number of hydrogen-bond donors (Lipinski definition) is 0. The van der Waals surface area contributed by atoms with Gasteiger partial charge >= 0.3 is 0 Å². The minimum atomic E-state index is 0.0253. The van der Waals surface area contributed by atoms with E-state index in [-0.39, 0.29) is 5.60 Å². The average Bonchev–Trinajstić information content (AvgIpc) is 1.97. The Kier molecular flexibility index (Phi) is 6.06. The Morgan fingerprint density at radius 2 is 1.69 bits per heavy atom. The second-order valence-corrected chi connectivity index (χ2v) is 6.21. The highest BCUT2D eigenvalue weighted by Gasteiger charge is 2.22. The van der Waals surface area contributed by atoms with Crippen molar-refractivity contribution >= 4 is 11.8 Å². The Balaban J connectivity index is 3.52. The lowest BCUT2D eigenvalue weighted by Gasteiger charge is -2.29. The molecule has 0 aliphatic heterocycles. The fourth-order valence-corrected chi connectivity index (χ4v) is 1.41. The minimum Gasteiger partial charge on any atom is -0.374 e. The molecule has 0 saturated heterocycles. The largest absolute Gasteiger partial charge is 0.374 e. The second-order valence-electron chi connectivity index (χ2n) is 4.53. The van der Waals surface area contributed by atoms with Crippen molar-refractivity contribution in [1.29, 1.82) is 0 Å². The number of rotatable bonds is 6. The van der Waals surface area contributed by atoms with Crippen LogP contribution in [0.3, 0.4) is 0 Å². The Morgan fingerprint density at radius 3 is 2.08 bits per heavy atom. The molecule has 0 aromatic rings. The van der Waals surface area contributed by atoms with Gasteiger partial charge in [0.05, 0.1) is 12.2 Å². The SMILES string of the molecule is CC(C)SCCOC(C)(C)C(C)C. The van der Waals surface area contributed by atoms with Gasteiger partial charge in [0.25, 0.3) is 0 Å². The first kappa shape index (κ1) is 13.3. The van der Waals surface area contributed by atoms with Gasteiger partial charge in [0.2, 0.25) is 0 Å². The topological polar surface area (TPSA) is 9.23 Å². The van der Waals surface area contributed by atoms with E-state index in [1.807, 2.05) is 11.8 Å². The summed E-state index contributed by atoms with van der Waals surface area (Å²) in [7, 11) is 0. The van der Waals surface area contributed by atoms with Crippen molar-refractivity contribution in [3.05, 3.63) is 0 Å². The van der Waals surface area contributed by atoms with E-state index >= 15 is 0 Å². The van der Waals surface area contributed by atoms with Gasteiger partial charge in [-0.25, -0.2) is 0 Å². The standard InChI is InChI=1S/C11H24OS/c1-9(2)11(5,6)12-7-8-13-10(3)4/h9-10H,7-8H2,1-6H3. The first-order valence-electron chi connectivity index (χ1n) is 5.12. The van der Waals surface area contributed by atoms with Crippen molar-refractivity contribution in [3.8, 4) is 0 Å². The van der Waals surface area contributed by atoms with Gasteiger partial charge in [0.1, 0.15) is 0 Å². The zero-order valence-electron chi connectivity index (χ0n) is 9.89. The molecule has 0 rings (SSSR count). The molecule has 2 heteroatoms. The lowest BCUT2D eigenvalue weighted by Crippen LogP contribution is -2.31. The Morgan fingerprint density at radius 1 is 1.15 bits per heavy atom. The van der Waals surface area contributed by atoms with Gasteiger partial charge in [-0.15, -0.1) is 0 Å². The highest BCUT2D eigenvalue weighted by Crippen LogP contribution is 2.20. The summed E-state index contributed by atoms with van der Waals surface area (Å²) in [6.45, 7) is 14.0. The van der Waals surface area contributed by atoms with Crippen LogP contribution in [0.5, 0.6) is 0 Å². The average molecular weight is 204 g/mol. The molecule has 80 valence electrons. The molecule has 0 aromatic heterocycles. The van der Waals surface area contributed by atoms with E-state index in [4.69, 9.17) is 4.74 Å². The highest BCUT2D eigenvalue weighted by molar-refractivity contribution is 7.99. The molecule has 0 amide bonds. The van der Waals surface area contributed by atoms with Crippen molar-refractivity contribution in [2.75, 3.05) is 12.4 Å². The summed E-state index contributed by atoms with van der Waals surface area (Å²) in [5.74, 6) is 1.69. The molecule has 1 nitrogen and oxygen atoms in total. The molecule has 0 aliphatic rings. The summed E-state index contributed by atoms with van der Waals surface area (Å²) in [4.78, 5) is 0. The Hall–Kier alpha value is 0.310. The third kappa shape index (κ3) is 6.39. The van der Waals surface area contributed by atoms with E-state index in [1.165, 1.54) is 0 Å². The molecule has 0 unspecified atom stereocenters. The summed E-state index contributed by atoms with van der Waals surface area (Å²) < 4.78 is 5.82. The van der Waals surface area contributed by atoms with Crippen LogP contribution in [-0.2, 0) is 4.74 Å². The van der Waals surface area contributed by atoms with Crippen LogP contribution in [0.4, 0.5) is 0 Å². The van der Waals surface area contributed by atoms with E-state index < -0.39 is 0 Å². The van der Waals surface area contributed by atoms with Gasteiger partial charge in [-0.2, -0.15) is 11.8 Å². The van der Waals surface area contributed by atoms with Crippen LogP contribution in [0.25, 0.3) is 0 Å². The van der Waals surface area contributed by atoms with Crippen LogP contribution in [-0.4, -0.2) is 23.2 Å². The maximum absolute atomic E-state index is 5.82. The molecule has 0 radical (unpaired) electrons. The van der Waals surface area contributed by atoms with Crippen molar-refractivity contribution in [3.63, 3.8) is 0 Å². The smallest absolute Gasteiger partial charge is 0.0649 e. The molecule has 0 atom stereocenters. The molecule has 13 heavy (non-hydrogen) atoms. The number of thioether (sulfide) groups is 1. The van der Waals surface area contributed by atoms with Crippen molar-refractivity contribution in [1.82, 2.24) is 0 Å². The summed E-state index contributed by atoms with van der Waals surface area (Å²) in [5.41, 5.74) is 0.0253. The van der Waals surface area contributed by atoms with E-state index in [0.29, 0.717) is 11.2 Å². The first-order chi connectivity index (χ1) is 5.86. The third-order valence-corrected chi connectivity index (χ3v) is 3.47. The summed E-state index contributed by atoms with van der Waals surface area (Å²) in [6, 6.07) is 0. The fraction of sp³-hybridized carbons (Fsp3) is 1.00. The van der Waals surface area contributed by atoms with Gasteiger partial charge in [-0.05, 0) is 25.0 Å².